The zero-order chi connectivity index (χ0) is 65.5. The molecule has 12 bridgehead atoms. The normalized spacial score (nSPS) is 37.8. The fourth-order valence-electron chi connectivity index (χ4n) is 13.7. The van der Waals surface area contributed by atoms with Crippen molar-refractivity contribution in [3.8, 4) is 0 Å². The van der Waals surface area contributed by atoms with Crippen molar-refractivity contribution in [1.82, 2.24) is 39.0 Å². The molecule has 0 saturated heterocycles. The molecule has 0 amide bonds. The maximum absolute atomic E-state index is 16.7. The highest BCUT2D eigenvalue weighted by Gasteiger charge is 2.60. The average Bonchev–Trinajstić information content (AvgIpc) is 1.45. The Morgan fingerprint density at radius 2 is 0.554 bits per heavy atom. The maximum atomic E-state index is 16.7. The highest BCUT2D eigenvalue weighted by atomic mass is 19.2. The van der Waals surface area contributed by atoms with Crippen molar-refractivity contribution in [2.75, 3.05) is 0 Å². The number of alkyl halides is 20. The Balaban J connectivity index is 1.17. The second-order valence-corrected chi connectivity index (χ2v) is 23.7. The molecule has 4 aliphatic carbocycles. The minimum Gasteiger partial charge on any atom is -0.355 e. The van der Waals surface area contributed by atoms with Crippen LogP contribution in [0.4, 0.5) is 87.8 Å². The van der Waals surface area contributed by atoms with Crippen LogP contribution in [0.15, 0.2) is 119 Å². The molecule has 6 aromatic rings. The number of hydrogen-bond acceptors (Lipinski definition) is 4. The van der Waals surface area contributed by atoms with Crippen LogP contribution < -0.4 is 21.4 Å². The van der Waals surface area contributed by atoms with Gasteiger partial charge in [-0.1, -0.05) is 0 Å². The average molecular weight is 1320 g/mol. The molecule has 0 spiro atoms. The van der Waals surface area contributed by atoms with Gasteiger partial charge in [-0.15, -0.1) is 0 Å². The third-order valence-electron chi connectivity index (χ3n) is 18.4. The van der Waals surface area contributed by atoms with E-state index in [0.717, 1.165) is 48.6 Å². The zero-order valence-corrected chi connectivity index (χ0v) is 47.3. The molecule has 16 atom stereocenters. The second-order valence-electron chi connectivity index (χ2n) is 23.7. The van der Waals surface area contributed by atoms with Gasteiger partial charge < -0.3 is 29.1 Å². The van der Waals surface area contributed by atoms with E-state index in [4.69, 9.17) is 0 Å². The molecule has 0 radical (unpaired) electrons. The zero-order valence-electron chi connectivity index (χ0n) is 47.3. The number of aromatic amines is 4. The topological polar surface area (TPSA) is 124 Å². The van der Waals surface area contributed by atoms with E-state index < -0.39 is 214 Å². The Kier molecular flexibility index (Phi) is 16.0. The lowest BCUT2D eigenvalue weighted by molar-refractivity contribution is -0.0721. The Hall–Kier alpha value is -8.08. The summed E-state index contributed by atoms with van der Waals surface area (Å²) in [4.78, 5) is 29.2. The lowest BCUT2D eigenvalue weighted by Crippen LogP contribution is -2.55. The number of aromatic nitrogens is 8. The van der Waals surface area contributed by atoms with E-state index in [1.807, 2.05) is 0 Å². The van der Waals surface area contributed by atoms with E-state index in [1.54, 1.807) is 0 Å². The smallest absolute Gasteiger partial charge is 0.168 e. The van der Waals surface area contributed by atoms with Crippen LogP contribution in [0.1, 0.15) is 34.4 Å². The van der Waals surface area contributed by atoms with E-state index in [-0.39, 0.29) is 44.9 Å². The molecule has 30 heteroatoms. The quantitative estimate of drug-likeness (QED) is 0.124. The summed E-state index contributed by atoms with van der Waals surface area (Å²) < 4.78 is 322. The van der Waals surface area contributed by atoms with Gasteiger partial charge in [-0.3, -0.25) is 0 Å². The number of aliphatic imine (C=N–C) groups is 2. The van der Waals surface area contributed by atoms with E-state index >= 15 is 87.8 Å². The first-order valence-corrected chi connectivity index (χ1v) is 28.9. The van der Waals surface area contributed by atoms with Crippen molar-refractivity contribution in [3.05, 3.63) is 165 Å². The Bertz CT molecular complexity index is 3990. The third kappa shape index (κ3) is 9.80. The van der Waals surface area contributed by atoms with Crippen LogP contribution in [-0.2, 0) is 14.1 Å². The second kappa shape index (κ2) is 23.5. The summed E-state index contributed by atoms with van der Waals surface area (Å²) in [6.07, 6.45) is -56.9. The predicted molar refractivity (Wildman–Crippen MR) is 297 cm³/mol. The van der Waals surface area contributed by atoms with Crippen LogP contribution in [0.5, 0.6) is 0 Å². The number of aryl methyl sites for hydroxylation is 2. The lowest BCUT2D eigenvalue weighted by atomic mass is 9.76. The van der Waals surface area contributed by atoms with Gasteiger partial charge in [0.05, 0.1) is 79.7 Å². The molecule has 0 aromatic carbocycles. The van der Waals surface area contributed by atoms with Gasteiger partial charge in [0.15, 0.2) is 74.1 Å². The molecule has 4 saturated carbocycles. The molecular formula is C62H50F20N10. The van der Waals surface area contributed by atoms with Crippen molar-refractivity contribution >= 4 is 44.9 Å². The number of imidazole rings is 2. The molecule has 3 aliphatic heterocycles. The third-order valence-corrected chi connectivity index (χ3v) is 18.4. The lowest BCUT2D eigenvalue weighted by Gasteiger charge is -2.38. The van der Waals surface area contributed by atoms with Gasteiger partial charge >= 0.3 is 0 Å². The van der Waals surface area contributed by atoms with E-state index in [9.17, 15) is 0 Å². The summed E-state index contributed by atoms with van der Waals surface area (Å²) in [5.41, 5.74) is -7.21. The number of rotatable bonds is 6. The number of H-pyrrole nitrogens is 4. The van der Waals surface area contributed by atoms with Crippen molar-refractivity contribution in [1.29, 1.82) is 0 Å². The molecule has 10 nitrogen and oxygen atoms in total. The van der Waals surface area contributed by atoms with Crippen LogP contribution in [0.2, 0.25) is 0 Å². The predicted octanol–water partition coefficient (Wildman–Crippen LogP) is 9.70. The van der Waals surface area contributed by atoms with Gasteiger partial charge in [-0.2, -0.15) is 0 Å². The van der Waals surface area contributed by atoms with Crippen LogP contribution in [-0.4, -0.2) is 174 Å². The molecule has 16 unspecified atom stereocenters. The Morgan fingerprint density at radius 1 is 0.293 bits per heavy atom. The first-order chi connectivity index (χ1) is 43.8. The Labute approximate surface area is 506 Å². The fourth-order valence-corrected chi connectivity index (χ4v) is 13.7. The van der Waals surface area contributed by atoms with Crippen LogP contribution in [0.3, 0.4) is 0 Å². The number of hydrogen-bond donors (Lipinski definition) is 4. The van der Waals surface area contributed by atoms with Crippen molar-refractivity contribution in [2.24, 2.45) is 47.8 Å². The number of halogens is 20. The highest BCUT2D eigenvalue weighted by Crippen LogP contribution is 2.49. The minimum atomic E-state index is -3.35. The minimum absolute atomic E-state index is 0.0466. The van der Waals surface area contributed by atoms with E-state index in [2.05, 4.69) is 39.9 Å². The summed E-state index contributed by atoms with van der Waals surface area (Å²) in [6.45, 7) is 0. The number of fused-ring (bicyclic) bond motifs is 10. The van der Waals surface area contributed by atoms with Gasteiger partial charge in [-0.25, -0.2) is 108 Å². The van der Waals surface area contributed by atoms with Gasteiger partial charge in [-0.05, 0) is 72.8 Å². The van der Waals surface area contributed by atoms with Crippen molar-refractivity contribution in [2.45, 2.75) is 123 Å². The summed E-state index contributed by atoms with van der Waals surface area (Å²) in [5, 5.41) is -1.27. The molecule has 13 rings (SSSR count). The standard InChI is InChI=1S/C62H50F20N10/c1-91-17-15-83-61(91)35-27-11-7-23(87-27)31(37-41(63)49(71)57(79)50(72)42(37)64)19-3-5-21(85-19)33(39-45(67)53(75)59(81)54(76)46(39)68)25-9-13-29(89-25)36(62-84-16-18-92(62)2)30-14-10-26(90-30)34(40-47(69)55(77)60(82)56(78)48(40)70)22-6-4-20(86-22)32(24-8-12-28(35)88-24)38-43(65)51(73)58(80)52(74)44(38)66/h3-18,37-60,87-90H,1-2H3. The van der Waals surface area contributed by atoms with Crippen molar-refractivity contribution in [3.63, 3.8) is 0 Å². The van der Waals surface area contributed by atoms with E-state index in [1.165, 1.54) is 72.3 Å². The van der Waals surface area contributed by atoms with Gasteiger partial charge in [0.2, 0.25) is 0 Å². The molecule has 6 aromatic heterocycles. The van der Waals surface area contributed by atoms with Crippen LogP contribution >= 0.6 is 0 Å². The molecule has 4 fully saturated rings. The maximum Gasteiger partial charge on any atom is 0.168 e. The molecule has 92 heavy (non-hydrogen) atoms. The number of nitrogens with one attached hydrogen (secondary N) is 4. The molecule has 7 aliphatic rings. The first-order valence-electron chi connectivity index (χ1n) is 28.9. The summed E-state index contributed by atoms with van der Waals surface area (Å²) in [5.74, 6) is -10.7. The van der Waals surface area contributed by atoms with Gasteiger partial charge in [0, 0.05) is 83.3 Å². The molecule has 9 heterocycles. The molecule has 4 N–H and O–H groups in total. The van der Waals surface area contributed by atoms with Gasteiger partial charge in [0.25, 0.3) is 0 Å². The van der Waals surface area contributed by atoms with Crippen LogP contribution in [0.25, 0.3) is 33.4 Å². The first kappa shape index (κ1) is 62.7. The largest absolute Gasteiger partial charge is 0.355 e. The van der Waals surface area contributed by atoms with Crippen molar-refractivity contribution < 1.29 is 87.8 Å². The summed E-state index contributed by atoms with van der Waals surface area (Å²) >= 11 is 0. The SMILES string of the molecule is Cn1ccnc1C1=c2ccc([nH]2)=C(C2C(F)C(F)C(F)C(F)C2F)C2=NC(=C(C3C(F)C(F)C(F)C(F)C3F)c3ccc([nH]3)C(c3nccn3C)=c3ccc([nH]3)=C(C3C(F)C(F)C(F)C(F)C3F)C3=NC(=C(C4C(F)C(F)C(F)C(F)C4F)c4ccc1[nH]4)C=C3)C=C2. The summed E-state index contributed by atoms with van der Waals surface area (Å²) in [6, 6.07) is 9.19. The molecule has 488 valence electrons. The van der Waals surface area contributed by atoms with Crippen LogP contribution in [0, 0.1) is 23.7 Å². The molecular weight excluding hydrogens is 1260 g/mol. The monoisotopic (exact) mass is 1310 g/mol. The number of nitrogens with zero attached hydrogens (tertiary/aromatic N) is 6. The van der Waals surface area contributed by atoms with E-state index in [0.29, 0.717) is 0 Å². The highest BCUT2D eigenvalue weighted by molar-refractivity contribution is 6.28. The van der Waals surface area contributed by atoms with Gasteiger partial charge in [0.1, 0.15) is 61.0 Å². The number of allylic oxidation sites excluding steroid dienone is 6. The fraction of sp³-hybridized carbons (Fsp3) is 0.419. The summed E-state index contributed by atoms with van der Waals surface area (Å²) in [7, 11) is 2.91. The Morgan fingerprint density at radius 3 is 0.837 bits per heavy atom.